The lowest BCUT2D eigenvalue weighted by atomic mass is 10.0. The van der Waals surface area contributed by atoms with Crippen molar-refractivity contribution in [2.24, 2.45) is 0 Å². The quantitative estimate of drug-likeness (QED) is 0.352. The molecule has 0 aromatic heterocycles. The molecule has 1 fully saturated rings. The highest BCUT2D eigenvalue weighted by Gasteiger charge is 2.33. The number of carbonyl (C=O) groups is 2. The summed E-state index contributed by atoms with van der Waals surface area (Å²) in [5.74, 6) is -0.906. The van der Waals surface area contributed by atoms with E-state index in [-0.39, 0.29) is 0 Å². The monoisotopic (exact) mass is 440 g/mol. The van der Waals surface area contributed by atoms with Crippen molar-refractivity contribution in [3.63, 3.8) is 0 Å². The summed E-state index contributed by atoms with van der Waals surface area (Å²) in [6.45, 7) is 5.18. The molecule has 2 unspecified atom stereocenters. The second kappa shape index (κ2) is 10.0. The normalized spacial score (nSPS) is 18.4. The van der Waals surface area contributed by atoms with Crippen LogP contribution in [0.3, 0.4) is 0 Å². The van der Waals surface area contributed by atoms with Crippen LogP contribution in [-0.2, 0) is 19.1 Å². The number of hydrogen-bond acceptors (Lipinski definition) is 6. The van der Waals surface area contributed by atoms with Gasteiger partial charge in [0.05, 0.1) is 0 Å². The van der Waals surface area contributed by atoms with E-state index in [0.29, 0.717) is 18.4 Å². The van der Waals surface area contributed by atoms with Crippen LogP contribution in [0.2, 0.25) is 0 Å². The highest BCUT2D eigenvalue weighted by Crippen LogP contribution is 2.27. The van der Waals surface area contributed by atoms with Gasteiger partial charge in [-0.25, -0.2) is 9.59 Å². The van der Waals surface area contributed by atoms with E-state index < -0.39 is 24.1 Å². The fourth-order valence-electron chi connectivity index (χ4n) is 3.30. The molecule has 2 aromatic rings. The molecule has 2 atom stereocenters. The van der Waals surface area contributed by atoms with E-state index in [4.69, 9.17) is 9.47 Å². The largest absolute Gasteiger partial charge is 0.455 e. The molecular formula is C24H24O4S2. The molecule has 0 heterocycles. The molecule has 0 amide bonds. The van der Waals surface area contributed by atoms with Crippen molar-refractivity contribution in [1.82, 2.24) is 0 Å². The van der Waals surface area contributed by atoms with E-state index in [9.17, 15) is 9.59 Å². The average Bonchev–Trinajstić information content (AvgIpc) is 3.12. The number of esters is 2. The molecule has 30 heavy (non-hydrogen) atoms. The lowest BCUT2D eigenvalue weighted by molar-refractivity contribution is -0.159. The predicted molar refractivity (Wildman–Crippen MR) is 124 cm³/mol. The zero-order valence-corrected chi connectivity index (χ0v) is 18.5. The first kappa shape index (κ1) is 22.2. The van der Waals surface area contributed by atoms with E-state index in [2.05, 4.69) is 31.8 Å². The Kier molecular flexibility index (Phi) is 7.45. The Morgan fingerprint density at radius 3 is 2.17 bits per heavy atom. The molecule has 0 bridgehead atoms. The van der Waals surface area contributed by atoms with E-state index in [1.165, 1.54) is 6.08 Å². The molecule has 1 aliphatic carbocycles. The number of rotatable bonds is 6. The van der Waals surface area contributed by atoms with Gasteiger partial charge in [-0.2, -0.15) is 0 Å². The molecule has 0 radical (unpaired) electrons. The Labute approximate surface area is 187 Å². The van der Waals surface area contributed by atoms with Crippen LogP contribution in [0.1, 0.15) is 31.7 Å². The van der Waals surface area contributed by atoms with Gasteiger partial charge in [-0.1, -0.05) is 30.8 Å². The summed E-state index contributed by atoms with van der Waals surface area (Å²) in [7, 11) is 0. The van der Waals surface area contributed by atoms with Crippen LogP contribution >= 0.6 is 25.3 Å². The van der Waals surface area contributed by atoms with Gasteiger partial charge in [-0.05, 0) is 67.2 Å². The second-order valence-electron chi connectivity index (χ2n) is 7.32. The topological polar surface area (TPSA) is 52.6 Å². The first-order chi connectivity index (χ1) is 14.3. The van der Waals surface area contributed by atoms with Crippen molar-refractivity contribution in [3.05, 3.63) is 66.3 Å². The molecule has 0 spiro atoms. The summed E-state index contributed by atoms with van der Waals surface area (Å²) in [4.78, 5) is 25.6. The van der Waals surface area contributed by atoms with Crippen molar-refractivity contribution >= 4 is 43.3 Å². The highest BCUT2D eigenvalue weighted by atomic mass is 32.1. The second-order valence-corrected chi connectivity index (χ2v) is 8.36. The minimum Gasteiger partial charge on any atom is -0.455 e. The molecule has 2 aromatic carbocycles. The Balaban J connectivity index is 1.59. The summed E-state index contributed by atoms with van der Waals surface area (Å²) in [6.07, 6.45) is 4.48. The van der Waals surface area contributed by atoms with Gasteiger partial charge in [0.1, 0.15) is 12.2 Å². The van der Waals surface area contributed by atoms with Crippen LogP contribution in [0.5, 0.6) is 0 Å². The number of benzene rings is 2. The smallest absolute Gasteiger partial charge is 0.333 e. The van der Waals surface area contributed by atoms with Crippen LogP contribution in [0.25, 0.3) is 17.2 Å². The van der Waals surface area contributed by atoms with E-state index in [0.717, 1.165) is 32.9 Å². The molecule has 4 nitrogen and oxygen atoms in total. The first-order valence-electron chi connectivity index (χ1n) is 9.70. The summed E-state index contributed by atoms with van der Waals surface area (Å²) < 4.78 is 10.9. The third-order valence-electron chi connectivity index (χ3n) is 4.82. The van der Waals surface area contributed by atoms with Crippen LogP contribution in [-0.4, -0.2) is 24.1 Å². The predicted octanol–water partition coefficient (Wildman–Crippen LogP) is 5.53. The SMILES string of the molecule is C=C(C)C(=O)OC1CCCC1OC(=O)/C=C/c1ccc(-c2cc(S)cc(S)c2)cc1. The molecule has 0 aliphatic heterocycles. The Bertz CT molecular complexity index is 959. The summed E-state index contributed by atoms with van der Waals surface area (Å²) in [6, 6.07) is 13.6. The molecule has 1 saturated carbocycles. The van der Waals surface area contributed by atoms with Gasteiger partial charge in [0.25, 0.3) is 0 Å². The third-order valence-corrected chi connectivity index (χ3v) is 5.34. The van der Waals surface area contributed by atoms with Crippen LogP contribution in [0, 0.1) is 0 Å². The Hall–Kier alpha value is -2.44. The number of thiol groups is 2. The lowest BCUT2D eigenvalue weighted by Gasteiger charge is -2.19. The fourth-order valence-corrected chi connectivity index (χ4v) is 3.96. The van der Waals surface area contributed by atoms with Crippen LogP contribution in [0.15, 0.2) is 70.5 Å². The molecule has 3 rings (SSSR count). The molecule has 0 saturated heterocycles. The zero-order chi connectivity index (χ0) is 21.7. The highest BCUT2D eigenvalue weighted by molar-refractivity contribution is 7.81. The third kappa shape index (κ3) is 6.03. The molecule has 6 heteroatoms. The first-order valence-corrected chi connectivity index (χ1v) is 10.6. The van der Waals surface area contributed by atoms with Gasteiger partial charge in [-0.3, -0.25) is 0 Å². The van der Waals surface area contributed by atoms with E-state index in [1.807, 2.05) is 42.5 Å². The van der Waals surface area contributed by atoms with Gasteiger partial charge in [-0.15, -0.1) is 25.3 Å². The molecule has 156 valence electrons. The van der Waals surface area contributed by atoms with Crippen molar-refractivity contribution in [1.29, 1.82) is 0 Å². The maximum atomic E-state index is 12.2. The lowest BCUT2D eigenvalue weighted by Crippen LogP contribution is -2.30. The van der Waals surface area contributed by atoms with Gasteiger partial charge in [0.15, 0.2) is 0 Å². The van der Waals surface area contributed by atoms with Crippen molar-refractivity contribution < 1.29 is 19.1 Å². The minimum absolute atomic E-state index is 0.335. The molecular weight excluding hydrogens is 416 g/mol. The zero-order valence-electron chi connectivity index (χ0n) is 16.7. The Morgan fingerprint density at radius 2 is 1.57 bits per heavy atom. The van der Waals surface area contributed by atoms with Crippen molar-refractivity contribution in [2.45, 2.75) is 48.2 Å². The van der Waals surface area contributed by atoms with Crippen molar-refractivity contribution in [2.75, 3.05) is 0 Å². The number of carbonyl (C=O) groups excluding carboxylic acids is 2. The fraction of sp³-hybridized carbons (Fsp3) is 0.250. The molecule has 0 N–H and O–H groups in total. The van der Waals surface area contributed by atoms with Gasteiger partial charge in [0.2, 0.25) is 0 Å². The molecule has 1 aliphatic rings. The van der Waals surface area contributed by atoms with Gasteiger partial charge < -0.3 is 9.47 Å². The maximum absolute atomic E-state index is 12.2. The number of hydrogen-bond donors (Lipinski definition) is 2. The van der Waals surface area contributed by atoms with Gasteiger partial charge in [0, 0.05) is 21.4 Å². The van der Waals surface area contributed by atoms with Crippen LogP contribution < -0.4 is 0 Å². The standard InChI is InChI=1S/C24H24O4S2/c1-15(2)24(26)28-22-5-3-4-21(22)27-23(25)11-8-16-6-9-17(10-7-16)18-12-19(29)14-20(30)13-18/h6-14,21-22,29-30H,1,3-5H2,2H3/b11-8+. The van der Waals surface area contributed by atoms with Crippen LogP contribution in [0.4, 0.5) is 0 Å². The average molecular weight is 441 g/mol. The van der Waals surface area contributed by atoms with Crippen molar-refractivity contribution in [3.8, 4) is 11.1 Å². The summed E-state index contributed by atoms with van der Waals surface area (Å²) in [5, 5.41) is 0. The maximum Gasteiger partial charge on any atom is 0.333 e. The van der Waals surface area contributed by atoms with Gasteiger partial charge >= 0.3 is 11.9 Å². The Morgan fingerprint density at radius 1 is 0.967 bits per heavy atom. The number of ether oxygens (including phenoxy) is 2. The van der Waals surface area contributed by atoms with E-state index >= 15 is 0 Å². The summed E-state index contributed by atoms with van der Waals surface area (Å²) >= 11 is 8.78. The summed E-state index contributed by atoms with van der Waals surface area (Å²) in [5.41, 5.74) is 3.27. The van der Waals surface area contributed by atoms with E-state index in [1.54, 1.807) is 13.0 Å². The minimum atomic E-state index is -0.454.